The molecule has 0 spiro atoms. The lowest BCUT2D eigenvalue weighted by atomic mass is 9.91. The van der Waals surface area contributed by atoms with Crippen molar-refractivity contribution in [1.29, 1.82) is 0 Å². The van der Waals surface area contributed by atoms with Crippen molar-refractivity contribution in [3.05, 3.63) is 27.1 Å². The van der Waals surface area contributed by atoms with Gasteiger partial charge in [-0.1, -0.05) is 25.7 Å². The zero-order chi connectivity index (χ0) is 11.5. The molecule has 1 nitrogen and oxygen atoms in total. The van der Waals surface area contributed by atoms with Gasteiger partial charge in [0.05, 0.1) is 3.57 Å². The number of rotatable bonds is 1. The van der Waals surface area contributed by atoms with Crippen molar-refractivity contribution in [2.75, 3.05) is 0 Å². The lowest BCUT2D eigenvalue weighted by Crippen LogP contribution is -2.01. The molecule has 1 fully saturated rings. The molecule has 1 aliphatic rings. The first-order chi connectivity index (χ1) is 7.68. The van der Waals surface area contributed by atoms with E-state index in [9.17, 15) is 9.50 Å². The molecule has 0 radical (unpaired) electrons. The quantitative estimate of drug-likeness (QED) is 0.589. The number of benzene rings is 1. The van der Waals surface area contributed by atoms with Gasteiger partial charge in [-0.15, -0.1) is 0 Å². The first kappa shape index (κ1) is 12.1. The smallest absolute Gasteiger partial charge is 0.129 e. The Morgan fingerprint density at radius 1 is 1.12 bits per heavy atom. The Labute approximate surface area is 109 Å². The molecule has 0 amide bonds. The first-order valence-corrected chi connectivity index (χ1v) is 6.94. The third kappa shape index (κ3) is 2.67. The summed E-state index contributed by atoms with van der Waals surface area (Å²) in [6, 6.07) is 3.06. The molecule has 0 unspecified atom stereocenters. The van der Waals surface area contributed by atoms with Gasteiger partial charge in [0.2, 0.25) is 0 Å². The van der Waals surface area contributed by atoms with Crippen LogP contribution in [0.4, 0.5) is 4.39 Å². The number of aromatic hydroxyl groups is 1. The highest BCUT2D eigenvalue weighted by atomic mass is 127. The van der Waals surface area contributed by atoms with Crippen LogP contribution in [-0.2, 0) is 0 Å². The van der Waals surface area contributed by atoms with E-state index in [2.05, 4.69) is 0 Å². The maximum Gasteiger partial charge on any atom is 0.129 e. The summed E-state index contributed by atoms with van der Waals surface area (Å²) >= 11 is 1.96. The van der Waals surface area contributed by atoms with Crippen LogP contribution in [0, 0.1) is 9.39 Å². The summed E-state index contributed by atoms with van der Waals surface area (Å²) in [5.41, 5.74) is 0.708. The second-order valence-electron chi connectivity index (χ2n) is 4.51. The largest absolute Gasteiger partial charge is 0.507 e. The molecule has 0 aromatic heterocycles. The Balaban J connectivity index is 2.27. The fourth-order valence-corrected chi connectivity index (χ4v) is 2.89. The van der Waals surface area contributed by atoms with E-state index in [0.29, 0.717) is 15.1 Å². The Morgan fingerprint density at radius 2 is 1.75 bits per heavy atom. The molecule has 88 valence electrons. The highest BCUT2D eigenvalue weighted by molar-refractivity contribution is 14.1. The molecule has 2 rings (SSSR count). The van der Waals surface area contributed by atoms with E-state index >= 15 is 0 Å². The summed E-state index contributed by atoms with van der Waals surface area (Å²) in [4.78, 5) is 0. The van der Waals surface area contributed by atoms with Crippen LogP contribution in [0.15, 0.2) is 12.1 Å². The minimum Gasteiger partial charge on any atom is -0.507 e. The van der Waals surface area contributed by atoms with E-state index < -0.39 is 0 Å². The summed E-state index contributed by atoms with van der Waals surface area (Å²) in [5, 5.41) is 9.65. The number of phenolic OH excluding ortho intramolecular Hbond substituents is 1. The SMILES string of the molecule is Oc1cc(C2CCCCCC2)c(F)cc1I. The summed E-state index contributed by atoms with van der Waals surface area (Å²) in [7, 11) is 0. The van der Waals surface area contributed by atoms with Gasteiger partial charge in [-0.05, 0) is 59.0 Å². The molecule has 0 saturated heterocycles. The molecule has 0 heterocycles. The van der Waals surface area contributed by atoms with Gasteiger partial charge in [-0.25, -0.2) is 4.39 Å². The fourth-order valence-electron chi connectivity index (χ4n) is 2.46. The van der Waals surface area contributed by atoms with Gasteiger partial charge in [-0.3, -0.25) is 0 Å². The van der Waals surface area contributed by atoms with E-state index in [4.69, 9.17) is 0 Å². The monoisotopic (exact) mass is 334 g/mol. The third-order valence-corrected chi connectivity index (χ3v) is 4.23. The number of hydrogen-bond donors (Lipinski definition) is 1. The molecule has 0 bridgehead atoms. The van der Waals surface area contributed by atoms with Gasteiger partial charge in [0.15, 0.2) is 0 Å². The van der Waals surface area contributed by atoms with E-state index in [-0.39, 0.29) is 11.6 Å². The first-order valence-electron chi connectivity index (χ1n) is 5.86. The van der Waals surface area contributed by atoms with E-state index in [0.717, 1.165) is 12.8 Å². The minimum absolute atomic E-state index is 0.158. The van der Waals surface area contributed by atoms with Crippen molar-refractivity contribution in [3.8, 4) is 5.75 Å². The Hall–Kier alpha value is -0.320. The average Bonchev–Trinajstić information content (AvgIpc) is 2.52. The average molecular weight is 334 g/mol. The summed E-state index contributed by atoms with van der Waals surface area (Å²) in [5.74, 6) is 0.348. The maximum absolute atomic E-state index is 13.8. The molecule has 1 aliphatic carbocycles. The van der Waals surface area contributed by atoms with Gasteiger partial charge in [0, 0.05) is 0 Å². The van der Waals surface area contributed by atoms with Crippen molar-refractivity contribution in [2.24, 2.45) is 0 Å². The van der Waals surface area contributed by atoms with Gasteiger partial charge >= 0.3 is 0 Å². The van der Waals surface area contributed by atoms with Crippen LogP contribution in [0.5, 0.6) is 5.75 Å². The number of hydrogen-bond acceptors (Lipinski definition) is 1. The van der Waals surface area contributed by atoms with Crippen LogP contribution in [0.25, 0.3) is 0 Å². The van der Waals surface area contributed by atoms with Gasteiger partial charge in [0.25, 0.3) is 0 Å². The molecular formula is C13H16FIO. The zero-order valence-electron chi connectivity index (χ0n) is 9.18. The van der Waals surface area contributed by atoms with Crippen molar-refractivity contribution < 1.29 is 9.50 Å². The van der Waals surface area contributed by atoms with E-state index in [1.54, 1.807) is 6.07 Å². The van der Waals surface area contributed by atoms with Gasteiger partial charge in [-0.2, -0.15) is 0 Å². The van der Waals surface area contributed by atoms with Crippen molar-refractivity contribution in [1.82, 2.24) is 0 Å². The third-order valence-electron chi connectivity index (χ3n) is 3.36. The summed E-state index contributed by atoms with van der Waals surface area (Å²) in [6.07, 6.45) is 6.98. The summed E-state index contributed by atoms with van der Waals surface area (Å²) in [6.45, 7) is 0. The molecule has 1 aromatic carbocycles. The van der Waals surface area contributed by atoms with Crippen LogP contribution < -0.4 is 0 Å². The minimum atomic E-state index is -0.158. The standard InChI is InChI=1S/C13H16FIO/c14-11-8-12(15)13(16)7-10(11)9-5-3-1-2-4-6-9/h7-9,16H,1-6H2. The second-order valence-corrected chi connectivity index (χ2v) is 5.68. The highest BCUT2D eigenvalue weighted by Crippen LogP contribution is 2.35. The predicted molar refractivity (Wildman–Crippen MR) is 71.2 cm³/mol. The molecule has 16 heavy (non-hydrogen) atoms. The predicted octanol–water partition coefficient (Wildman–Crippen LogP) is 4.57. The second kappa shape index (κ2) is 5.34. The summed E-state index contributed by atoms with van der Waals surface area (Å²) < 4.78 is 14.4. The molecule has 1 saturated carbocycles. The van der Waals surface area contributed by atoms with Gasteiger partial charge < -0.3 is 5.11 Å². The molecule has 0 aliphatic heterocycles. The molecule has 0 atom stereocenters. The molecule has 1 aromatic rings. The fraction of sp³-hybridized carbons (Fsp3) is 0.538. The number of halogens is 2. The number of phenols is 1. The molecule has 3 heteroatoms. The van der Waals surface area contributed by atoms with Crippen LogP contribution in [0.3, 0.4) is 0 Å². The van der Waals surface area contributed by atoms with Crippen LogP contribution in [0.2, 0.25) is 0 Å². The van der Waals surface area contributed by atoms with E-state index in [1.165, 1.54) is 31.7 Å². The Bertz CT molecular complexity index is 370. The Kier molecular flexibility index (Phi) is 4.05. The molecule has 1 N–H and O–H groups in total. The highest BCUT2D eigenvalue weighted by Gasteiger charge is 2.19. The lowest BCUT2D eigenvalue weighted by Gasteiger charge is -2.16. The van der Waals surface area contributed by atoms with E-state index in [1.807, 2.05) is 22.6 Å². The maximum atomic E-state index is 13.8. The van der Waals surface area contributed by atoms with Crippen molar-refractivity contribution >= 4 is 22.6 Å². The Morgan fingerprint density at radius 3 is 2.38 bits per heavy atom. The zero-order valence-corrected chi connectivity index (χ0v) is 11.3. The van der Waals surface area contributed by atoms with Crippen molar-refractivity contribution in [2.45, 2.75) is 44.4 Å². The van der Waals surface area contributed by atoms with Crippen LogP contribution in [0.1, 0.15) is 50.0 Å². The topological polar surface area (TPSA) is 20.2 Å². The lowest BCUT2D eigenvalue weighted by molar-refractivity contribution is 0.462. The van der Waals surface area contributed by atoms with Crippen LogP contribution >= 0.6 is 22.6 Å². The molecular weight excluding hydrogens is 318 g/mol. The van der Waals surface area contributed by atoms with Crippen LogP contribution in [-0.4, -0.2) is 5.11 Å². The van der Waals surface area contributed by atoms with Gasteiger partial charge in [0.1, 0.15) is 11.6 Å². The van der Waals surface area contributed by atoms with Crippen molar-refractivity contribution in [3.63, 3.8) is 0 Å². The normalized spacial score (nSPS) is 18.4.